The molecule has 1 aliphatic carbocycles. The second-order valence-electron chi connectivity index (χ2n) is 7.11. The molecule has 3 nitrogen and oxygen atoms in total. The maximum Gasteiger partial charge on any atom is 0.129 e. The highest BCUT2D eigenvalue weighted by Crippen LogP contribution is 2.30. The van der Waals surface area contributed by atoms with Crippen LogP contribution in [0.2, 0.25) is 0 Å². The third kappa shape index (κ3) is 3.46. The average molecular weight is 324 g/mol. The summed E-state index contributed by atoms with van der Waals surface area (Å²) in [5.41, 5.74) is 3.77. The van der Waals surface area contributed by atoms with Crippen LogP contribution in [0.5, 0.6) is 0 Å². The first-order valence-electron chi connectivity index (χ1n) is 9.03. The van der Waals surface area contributed by atoms with Gasteiger partial charge in [-0.05, 0) is 56.9 Å². The Morgan fingerprint density at radius 1 is 1.00 bits per heavy atom. The van der Waals surface area contributed by atoms with Gasteiger partial charge in [-0.2, -0.15) is 0 Å². The van der Waals surface area contributed by atoms with Crippen molar-refractivity contribution in [2.75, 3.05) is 13.2 Å². The van der Waals surface area contributed by atoms with Crippen LogP contribution in [0.1, 0.15) is 45.2 Å². The molecule has 0 aromatic heterocycles. The average Bonchev–Trinajstić information content (AvgIpc) is 2.97. The highest BCUT2D eigenvalue weighted by atomic mass is 16.6. The lowest BCUT2D eigenvalue weighted by Gasteiger charge is -2.29. The van der Waals surface area contributed by atoms with Crippen LogP contribution >= 0.6 is 0 Å². The van der Waals surface area contributed by atoms with Crippen LogP contribution < -0.4 is 0 Å². The number of aryl methyl sites for hydroxylation is 1. The Kier molecular flexibility index (Phi) is 5.20. The molecular weight excluding hydrogens is 296 g/mol. The minimum absolute atomic E-state index is 0.528. The molecule has 0 bridgehead atoms. The third-order valence-corrected chi connectivity index (χ3v) is 4.91. The zero-order valence-corrected chi connectivity index (χ0v) is 15.2. The molecule has 0 radical (unpaired) electrons. The number of hydrogen-bond donors (Lipinski definition) is 0. The van der Waals surface area contributed by atoms with Gasteiger partial charge in [-0.3, -0.25) is 4.90 Å². The van der Waals surface area contributed by atoms with Crippen molar-refractivity contribution in [2.45, 2.75) is 52.6 Å². The van der Waals surface area contributed by atoms with Crippen LogP contribution in [0, 0.1) is 0 Å². The van der Waals surface area contributed by atoms with Gasteiger partial charge in [-0.15, -0.1) is 0 Å². The molecule has 2 aromatic rings. The molecule has 0 atom stereocenters. The monoisotopic (exact) mass is 324 g/mol. The maximum atomic E-state index is 5.66. The molecule has 3 rings (SSSR count). The summed E-state index contributed by atoms with van der Waals surface area (Å²) in [6.45, 7) is 10.5. The quantitative estimate of drug-likeness (QED) is 0.572. The minimum atomic E-state index is 0.528. The Balaban J connectivity index is 1.68. The van der Waals surface area contributed by atoms with E-state index in [1.54, 1.807) is 0 Å². The largest absolute Gasteiger partial charge is 0.394 e. The first-order chi connectivity index (χ1) is 11.6. The number of fused-ring (bicyclic) bond motifs is 3. The summed E-state index contributed by atoms with van der Waals surface area (Å²) in [6, 6.07) is 14.0. The van der Waals surface area contributed by atoms with Crippen molar-refractivity contribution in [1.29, 1.82) is 0 Å². The molecule has 3 heteroatoms. The van der Waals surface area contributed by atoms with Crippen LogP contribution in [0.3, 0.4) is 0 Å². The van der Waals surface area contributed by atoms with E-state index in [0.29, 0.717) is 18.7 Å². The topological polar surface area (TPSA) is 24.8 Å². The summed E-state index contributed by atoms with van der Waals surface area (Å²) in [6.07, 6.45) is 2.03. The molecule has 0 aliphatic heterocycles. The van der Waals surface area contributed by atoms with Crippen molar-refractivity contribution < 1.29 is 4.84 Å². The van der Waals surface area contributed by atoms with Gasteiger partial charge in [0.1, 0.15) is 6.61 Å². The molecule has 0 N–H and O–H groups in total. The summed E-state index contributed by atoms with van der Waals surface area (Å²) in [5.74, 6) is 0. The van der Waals surface area contributed by atoms with Crippen molar-refractivity contribution >= 4 is 16.5 Å². The molecule has 0 heterocycles. The van der Waals surface area contributed by atoms with E-state index in [4.69, 9.17) is 4.84 Å². The van der Waals surface area contributed by atoms with Crippen molar-refractivity contribution in [3.63, 3.8) is 0 Å². The summed E-state index contributed by atoms with van der Waals surface area (Å²) >= 11 is 0. The lowest BCUT2D eigenvalue weighted by molar-refractivity contribution is 0.0827. The molecule has 0 fully saturated rings. The van der Waals surface area contributed by atoms with Crippen molar-refractivity contribution in [3.05, 3.63) is 47.5 Å². The SMILES string of the molecule is CC(C)N(CCON=C1CCc2c1ccc1ccccc21)C(C)C. The van der Waals surface area contributed by atoms with Gasteiger partial charge in [-0.25, -0.2) is 0 Å². The van der Waals surface area contributed by atoms with E-state index in [-0.39, 0.29) is 0 Å². The Labute approximate surface area is 145 Å². The van der Waals surface area contributed by atoms with E-state index in [0.717, 1.165) is 25.1 Å². The number of rotatable bonds is 6. The Hall–Kier alpha value is -1.87. The second kappa shape index (κ2) is 7.35. The highest BCUT2D eigenvalue weighted by Gasteiger charge is 2.20. The van der Waals surface area contributed by atoms with Crippen LogP contribution in [-0.4, -0.2) is 35.8 Å². The molecule has 0 saturated heterocycles. The van der Waals surface area contributed by atoms with Gasteiger partial charge in [-0.1, -0.05) is 41.6 Å². The first-order valence-corrected chi connectivity index (χ1v) is 9.03. The predicted octanol–water partition coefficient (Wildman–Crippen LogP) is 4.63. The lowest BCUT2D eigenvalue weighted by Crippen LogP contribution is -2.39. The fourth-order valence-electron chi connectivity index (χ4n) is 3.73. The van der Waals surface area contributed by atoms with Crippen LogP contribution in [0.4, 0.5) is 0 Å². The molecule has 24 heavy (non-hydrogen) atoms. The van der Waals surface area contributed by atoms with Gasteiger partial charge in [0.2, 0.25) is 0 Å². The summed E-state index contributed by atoms with van der Waals surface area (Å²) in [5, 5.41) is 7.11. The molecule has 0 amide bonds. The summed E-state index contributed by atoms with van der Waals surface area (Å²) in [4.78, 5) is 8.09. The van der Waals surface area contributed by atoms with Gasteiger partial charge in [0.25, 0.3) is 0 Å². The van der Waals surface area contributed by atoms with E-state index in [9.17, 15) is 0 Å². The Morgan fingerprint density at radius 3 is 2.50 bits per heavy atom. The van der Waals surface area contributed by atoms with Crippen LogP contribution in [0.15, 0.2) is 41.6 Å². The lowest BCUT2D eigenvalue weighted by atomic mass is 10.0. The van der Waals surface area contributed by atoms with Gasteiger partial charge in [0.05, 0.1) is 5.71 Å². The number of oxime groups is 1. The normalized spacial score (nSPS) is 15.9. The third-order valence-electron chi connectivity index (χ3n) is 4.91. The second-order valence-corrected chi connectivity index (χ2v) is 7.11. The molecule has 0 spiro atoms. The highest BCUT2D eigenvalue weighted by molar-refractivity contribution is 6.08. The van der Waals surface area contributed by atoms with E-state index in [1.807, 2.05) is 0 Å². The Morgan fingerprint density at radius 2 is 1.75 bits per heavy atom. The fraction of sp³-hybridized carbons (Fsp3) is 0.476. The number of benzene rings is 2. The maximum absolute atomic E-state index is 5.66. The standard InChI is InChI=1S/C21H28N2O/c1-15(2)23(16(3)4)13-14-24-22-21-12-11-19-18-8-6-5-7-17(18)9-10-20(19)21/h5-10,15-16H,11-14H2,1-4H3. The number of nitrogens with zero attached hydrogens (tertiary/aromatic N) is 2. The molecular formula is C21H28N2O. The van der Waals surface area contributed by atoms with E-state index < -0.39 is 0 Å². The van der Waals surface area contributed by atoms with Crippen molar-refractivity contribution in [1.82, 2.24) is 4.90 Å². The van der Waals surface area contributed by atoms with Crippen LogP contribution in [0.25, 0.3) is 10.8 Å². The van der Waals surface area contributed by atoms with Crippen molar-refractivity contribution in [2.24, 2.45) is 5.16 Å². The molecule has 128 valence electrons. The van der Waals surface area contributed by atoms with Gasteiger partial charge in [0, 0.05) is 24.2 Å². The van der Waals surface area contributed by atoms with E-state index >= 15 is 0 Å². The zero-order valence-electron chi connectivity index (χ0n) is 15.2. The minimum Gasteiger partial charge on any atom is -0.394 e. The number of hydrogen-bond acceptors (Lipinski definition) is 3. The van der Waals surface area contributed by atoms with E-state index in [2.05, 4.69) is 74.1 Å². The predicted molar refractivity (Wildman–Crippen MR) is 102 cm³/mol. The van der Waals surface area contributed by atoms with E-state index in [1.165, 1.54) is 21.9 Å². The fourth-order valence-corrected chi connectivity index (χ4v) is 3.73. The first kappa shape index (κ1) is 17.0. The molecule has 0 saturated carbocycles. The smallest absolute Gasteiger partial charge is 0.129 e. The van der Waals surface area contributed by atoms with Gasteiger partial charge >= 0.3 is 0 Å². The summed E-state index contributed by atoms with van der Waals surface area (Å²) < 4.78 is 0. The summed E-state index contributed by atoms with van der Waals surface area (Å²) in [7, 11) is 0. The molecule has 1 aliphatic rings. The Bertz CT molecular complexity index is 726. The van der Waals surface area contributed by atoms with Crippen molar-refractivity contribution in [3.8, 4) is 0 Å². The molecule has 0 unspecified atom stereocenters. The molecule has 2 aromatic carbocycles. The zero-order chi connectivity index (χ0) is 17.1. The van der Waals surface area contributed by atoms with Gasteiger partial charge in [0.15, 0.2) is 0 Å². The van der Waals surface area contributed by atoms with Crippen LogP contribution in [-0.2, 0) is 11.3 Å². The van der Waals surface area contributed by atoms with Gasteiger partial charge < -0.3 is 4.84 Å².